The Morgan fingerprint density at radius 3 is 2.65 bits per heavy atom. The molecule has 2 aromatic rings. The average Bonchev–Trinajstić information content (AvgIpc) is 2.69. The molecule has 1 unspecified atom stereocenters. The molecule has 0 saturated carbocycles. The zero-order valence-corrected chi connectivity index (χ0v) is 12.6. The van der Waals surface area contributed by atoms with Gasteiger partial charge < -0.3 is 5.11 Å². The van der Waals surface area contributed by atoms with Crippen LogP contribution in [-0.4, -0.2) is 5.11 Å². The first kappa shape index (κ1) is 13.2. The number of halogens is 3. The normalized spacial score (nSPS) is 12.7. The predicted octanol–water partition coefficient (Wildman–Crippen LogP) is 4.69. The minimum atomic E-state index is -0.562. The Kier molecular flexibility index (Phi) is 4.36. The molecular weight excluding hydrogens is 371 g/mol. The lowest BCUT2D eigenvalue weighted by Gasteiger charge is -2.10. The highest BCUT2D eigenvalue weighted by atomic mass is 79.9. The second-order valence-corrected chi connectivity index (χ2v) is 6.34. The van der Waals surface area contributed by atoms with Crippen LogP contribution in [0.3, 0.4) is 0 Å². The summed E-state index contributed by atoms with van der Waals surface area (Å²) < 4.78 is 14.6. The van der Waals surface area contributed by atoms with Crippen molar-refractivity contribution in [2.75, 3.05) is 0 Å². The van der Waals surface area contributed by atoms with Gasteiger partial charge in [0.1, 0.15) is 5.82 Å². The molecule has 90 valence electrons. The maximum Gasteiger partial charge on any atom is 0.124 e. The molecule has 0 aliphatic rings. The van der Waals surface area contributed by atoms with E-state index >= 15 is 0 Å². The van der Waals surface area contributed by atoms with Crippen LogP contribution in [0.1, 0.15) is 16.5 Å². The molecule has 1 heterocycles. The average molecular weight is 380 g/mol. The molecule has 17 heavy (non-hydrogen) atoms. The SMILES string of the molecule is OC(Cc1ccc(F)cc1Br)c1cc(Br)cs1. The number of rotatable bonds is 3. The van der Waals surface area contributed by atoms with E-state index in [1.807, 2.05) is 11.4 Å². The van der Waals surface area contributed by atoms with Crippen LogP contribution in [0.2, 0.25) is 0 Å². The molecule has 2 rings (SSSR count). The molecule has 0 fully saturated rings. The molecule has 1 aromatic carbocycles. The minimum absolute atomic E-state index is 0.283. The molecule has 0 saturated heterocycles. The topological polar surface area (TPSA) is 20.2 Å². The van der Waals surface area contributed by atoms with Crippen molar-refractivity contribution in [3.63, 3.8) is 0 Å². The summed E-state index contributed by atoms with van der Waals surface area (Å²) in [7, 11) is 0. The minimum Gasteiger partial charge on any atom is -0.387 e. The van der Waals surface area contributed by atoms with Crippen LogP contribution in [0.15, 0.2) is 38.6 Å². The summed E-state index contributed by atoms with van der Waals surface area (Å²) in [4.78, 5) is 0.896. The van der Waals surface area contributed by atoms with Crippen LogP contribution >= 0.6 is 43.2 Å². The Bertz CT molecular complexity index is 527. The second-order valence-electron chi connectivity index (χ2n) is 3.62. The van der Waals surface area contributed by atoms with Gasteiger partial charge in [-0.05, 0) is 39.7 Å². The van der Waals surface area contributed by atoms with Gasteiger partial charge in [-0.25, -0.2) is 4.39 Å². The highest BCUT2D eigenvalue weighted by molar-refractivity contribution is 9.10. The van der Waals surface area contributed by atoms with Crippen LogP contribution in [0.4, 0.5) is 4.39 Å². The van der Waals surface area contributed by atoms with Gasteiger partial charge in [0.25, 0.3) is 0 Å². The van der Waals surface area contributed by atoms with Crippen molar-refractivity contribution in [3.05, 3.63) is 54.8 Å². The van der Waals surface area contributed by atoms with Crippen molar-refractivity contribution in [1.29, 1.82) is 0 Å². The van der Waals surface area contributed by atoms with E-state index in [-0.39, 0.29) is 5.82 Å². The largest absolute Gasteiger partial charge is 0.387 e. The van der Waals surface area contributed by atoms with Crippen molar-refractivity contribution in [2.24, 2.45) is 0 Å². The number of hydrogen-bond acceptors (Lipinski definition) is 2. The molecule has 0 spiro atoms. The molecule has 1 aromatic heterocycles. The molecule has 1 nitrogen and oxygen atoms in total. The third-order valence-corrected chi connectivity index (χ3v) is 4.88. The monoisotopic (exact) mass is 378 g/mol. The van der Waals surface area contributed by atoms with Gasteiger partial charge in [-0.15, -0.1) is 11.3 Å². The third kappa shape index (κ3) is 3.37. The van der Waals surface area contributed by atoms with E-state index in [0.717, 1.165) is 14.9 Å². The Balaban J connectivity index is 2.15. The van der Waals surface area contributed by atoms with E-state index in [2.05, 4.69) is 31.9 Å². The fourth-order valence-corrected chi connectivity index (χ4v) is 3.44. The Morgan fingerprint density at radius 1 is 1.29 bits per heavy atom. The lowest BCUT2D eigenvalue weighted by Crippen LogP contribution is -2.00. The Morgan fingerprint density at radius 2 is 2.06 bits per heavy atom. The summed E-state index contributed by atoms with van der Waals surface area (Å²) in [5.74, 6) is -0.283. The number of aliphatic hydroxyl groups is 1. The van der Waals surface area contributed by atoms with Gasteiger partial charge >= 0.3 is 0 Å². The van der Waals surface area contributed by atoms with Gasteiger partial charge in [-0.2, -0.15) is 0 Å². The van der Waals surface area contributed by atoms with Gasteiger partial charge in [-0.1, -0.05) is 22.0 Å². The van der Waals surface area contributed by atoms with Crippen molar-refractivity contribution in [2.45, 2.75) is 12.5 Å². The highest BCUT2D eigenvalue weighted by Gasteiger charge is 2.13. The fraction of sp³-hybridized carbons (Fsp3) is 0.167. The Labute approximate surface area is 120 Å². The molecule has 0 aliphatic carbocycles. The van der Waals surface area contributed by atoms with Crippen molar-refractivity contribution in [3.8, 4) is 0 Å². The molecular formula is C12H9Br2FOS. The second kappa shape index (κ2) is 5.61. The summed E-state index contributed by atoms with van der Waals surface area (Å²) in [5.41, 5.74) is 0.892. The molecule has 0 amide bonds. The first-order valence-electron chi connectivity index (χ1n) is 4.92. The van der Waals surface area contributed by atoms with E-state index < -0.39 is 6.10 Å². The van der Waals surface area contributed by atoms with Gasteiger partial charge in [0.2, 0.25) is 0 Å². The van der Waals surface area contributed by atoms with Gasteiger partial charge in [0.15, 0.2) is 0 Å². The van der Waals surface area contributed by atoms with Gasteiger partial charge in [-0.3, -0.25) is 0 Å². The lowest BCUT2D eigenvalue weighted by molar-refractivity contribution is 0.182. The van der Waals surface area contributed by atoms with E-state index in [1.54, 1.807) is 6.07 Å². The molecule has 1 atom stereocenters. The molecule has 1 N–H and O–H groups in total. The maximum atomic E-state index is 12.9. The third-order valence-electron chi connectivity index (χ3n) is 2.34. The molecule has 0 bridgehead atoms. The summed E-state index contributed by atoms with van der Waals surface area (Å²) in [5, 5.41) is 12.0. The molecule has 5 heteroatoms. The van der Waals surface area contributed by atoms with E-state index in [4.69, 9.17) is 0 Å². The van der Waals surface area contributed by atoms with Crippen LogP contribution in [0, 0.1) is 5.82 Å². The number of thiophene rings is 1. The maximum absolute atomic E-state index is 12.9. The summed E-state index contributed by atoms with van der Waals surface area (Å²) in [6.07, 6.45) is -0.0959. The Hall–Kier alpha value is -0.230. The number of benzene rings is 1. The van der Waals surface area contributed by atoms with E-state index in [9.17, 15) is 9.50 Å². The molecule has 0 aliphatic heterocycles. The van der Waals surface area contributed by atoms with Gasteiger partial charge in [0.05, 0.1) is 6.10 Å². The van der Waals surface area contributed by atoms with Crippen molar-refractivity contribution >= 4 is 43.2 Å². The summed E-state index contributed by atoms with van der Waals surface area (Å²) in [6, 6.07) is 6.39. The number of hydrogen-bond donors (Lipinski definition) is 1. The van der Waals surface area contributed by atoms with Crippen molar-refractivity contribution < 1.29 is 9.50 Å². The van der Waals surface area contributed by atoms with Crippen LogP contribution in [-0.2, 0) is 6.42 Å². The van der Waals surface area contributed by atoms with Crippen LogP contribution < -0.4 is 0 Å². The smallest absolute Gasteiger partial charge is 0.124 e. The standard InChI is InChI=1S/C12H9Br2FOS/c13-8-4-12(17-6-8)11(16)3-7-1-2-9(15)5-10(7)14/h1-2,4-6,11,16H,3H2. The zero-order valence-electron chi connectivity index (χ0n) is 8.66. The lowest BCUT2D eigenvalue weighted by atomic mass is 10.1. The van der Waals surface area contributed by atoms with Crippen LogP contribution in [0.25, 0.3) is 0 Å². The molecule has 0 radical (unpaired) electrons. The highest BCUT2D eigenvalue weighted by Crippen LogP contribution is 2.29. The first-order chi connectivity index (χ1) is 8.06. The van der Waals surface area contributed by atoms with Crippen LogP contribution in [0.5, 0.6) is 0 Å². The summed E-state index contributed by atoms with van der Waals surface area (Å²) >= 11 is 8.15. The predicted molar refractivity (Wildman–Crippen MR) is 74.8 cm³/mol. The summed E-state index contributed by atoms with van der Waals surface area (Å²) in [6.45, 7) is 0. The van der Waals surface area contributed by atoms with Gasteiger partial charge in [0, 0.05) is 25.6 Å². The number of aliphatic hydroxyl groups excluding tert-OH is 1. The quantitative estimate of drug-likeness (QED) is 0.820. The zero-order chi connectivity index (χ0) is 12.4. The van der Waals surface area contributed by atoms with Crippen molar-refractivity contribution in [1.82, 2.24) is 0 Å². The van der Waals surface area contributed by atoms with E-state index in [0.29, 0.717) is 10.9 Å². The first-order valence-corrected chi connectivity index (χ1v) is 7.39. The fourth-order valence-electron chi connectivity index (χ4n) is 1.50. The van der Waals surface area contributed by atoms with E-state index in [1.165, 1.54) is 23.5 Å².